The Kier molecular flexibility index (Phi) is 15.3. The van der Waals surface area contributed by atoms with Gasteiger partial charge in [-0.1, -0.05) is 50.8 Å². The van der Waals surface area contributed by atoms with Gasteiger partial charge in [-0.05, 0) is 107 Å². The van der Waals surface area contributed by atoms with Crippen LogP contribution in [0, 0.1) is 5.92 Å². The number of rotatable bonds is 17. The van der Waals surface area contributed by atoms with E-state index < -0.39 is 87.9 Å². The van der Waals surface area contributed by atoms with E-state index in [2.05, 4.69) is 6.58 Å². The van der Waals surface area contributed by atoms with E-state index in [0.717, 1.165) is 5.56 Å². The number of fused-ring (bicyclic) bond motifs is 2. The van der Waals surface area contributed by atoms with Gasteiger partial charge in [0.05, 0.1) is 0 Å². The Hall–Kier alpha value is -3.40. The Bertz CT molecular complexity index is 1620. The predicted molar refractivity (Wildman–Crippen MR) is 213 cm³/mol. The monoisotopic (exact) mass is 820 g/mol. The molecule has 0 radical (unpaired) electrons. The highest BCUT2D eigenvalue weighted by Crippen LogP contribution is 2.58. The first kappa shape index (κ1) is 49.0. The third kappa shape index (κ3) is 11.2. The van der Waals surface area contributed by atoms with Gasteiger partial charge in [-0.3, -0.25) is 4.79 Å². The maximum Gasteiger partial charge on any atom is 0.346 e. The van der Waals surface area contributed by atoms with E-state index in [1.165, 1.54) is 14.0 Å². The third-order valence-corrected chi connectivity index (χ3v) is 9.55. The highest BCUT2D eigenvalue weighted by atomic mass is 16.8. The van der Waals surface area contributed by atoms with E-state index >= 15 is 4.79 Å². The fraction of sp³-hybridized carbons (Fsp3) is 0.727. The molecule has 1 aromatic carbocycles. The molecule has 8 atom stereocenters. The average molecular weight is 821 g/mol. The smallest absolute Gasteiger partial charge is 0.346 e. The van der Waals surface area contributed by atoms with E-state index in [1.807, 2.05) is 44.2 Å². The highest BCUT2D eigenvalue weighted by molar-refractivity contribution is 5.99. The number of carbonyl (C=O) groups is 4. The average Bonchev–Trinajstić information content (AvgIpc) is 3.31. The lowest BCUT2D eigenvalue weighted by Crippen LogP contribution is -2.79. The molecule has 0 saturated carbocycles. The molecule has 1 N–H and O–H groups in total. The molecule has 0 amide bonds. The summed E-state index contributed by atoms with van der Waals surface area (Å²) in [5, 5.41) is 13.2. The van der Waals surface area contributed by atoms with E-state index in [4.69, 9.17) is 42.6 Å². The van der Waals surface area contributed by atoms with Crippen molar-refractivity contribution in [1.82, 2.24) is 0 Å². The van der Waals surface area contributed by atoms with Crippen molar-refractivity contribution in [2.24, 2.45) is 5.92 Å². The van der Waals surface area contributed by atoms with Gasteiger partial charge in [0.15, 0.2) is 5.79 Å². The Balaban J connectivity index is 2.40. The molecule has 2 aliphatic rings. The molecule has 14 nitrogen and oxygen atoms in total. The molecular weight excluding hydrogens is 752 g/mol. The molecule has 2 fully saturated rings. The first-order valence-corrected chi connectivity index (χ1v) is 20.0. The lowest BCUT2D eigenvalue weighted by Gasteiger charge is -2.51. The molecule has 2 aliphatic heterocycles. The molecule has 2 unspecified atom stereocenters. The lowest BCUT2D eigenvalue weighted by molar-refractivity contribution is -0.387. The summed E-state index contributed by atoms with van der Waals surface area (Å²) in [6.07, 6.45) is -5.55. The SMILES string of the molecule is C=C(CC[C@@]12O[C@H](C(=O)OC(C)(C)C)[C@@](O)(C(=O)OC(C)(C)C)[C@@](C(=O)OC(C)(C)C)(O1)[C@H](OCCC)[C@H]2OC(C)(C)OC)C(OC(C)=O)C(C)Cc1ccccc1. The number of methoxy groups -OCH3 is 1. The Morgan fingerprint density at radius 2 is 1.41 bits per heavy atom. The normalized spacial score (nSPS) is 27.3. The van der Waals surface area contributed by atoms with Crippen LogP contribution < -0.4 is 0 Å². The summed E-state index contributed by atoms with van der Waals surface area (Å²) in [4.78, 5) is 56.8. The highest BCUT2D eigenvalue weighted by Gasteiger charge is 2.86. The van der Waals surface area contributed by atoms with Crippen molar-refractivity contribution < 1.29 is 66.9 Å². The van der Waals surface area contributed by atoms with E-state index in [9.17, 15) is 19.5 Å². The maximum atomic E-state index is 15.1. The van der Waals surface area contributed by atoms with Gasteiger partial charge in [-0.2, -0.15) is 0 Å². The third-order valence-electron chi connectivity index (χ3n) is 9.55. The summed E-state index contributed by atoms with van der Waals surface area (Å²) in [5.74, 6) is -8.27. The summed E-state index contributed by atoms with van der Waals surface area (Å²) in [7, 11) is 1.40. The van der Waals surface area contributed by atoms with Crippen LogP contribution in [0.1, 0.15) is 122 Å². The number of carbonyl (C=O) groups excluding carboxylic acids is 4. The summed E-state index contributed by atoms with van der Waals surface area (Å²) in [5.41, 5.74) is -8.34. The minimum Gasteiger partial charge on any atom is -0.458 e. The quantitative estimate of drug-likeness (QED) is 0.0802. The van der Waals surface area contributed by atoms with E-state index in [-0.39, 0.29) is 25.4 Å². The number of aliphatic hydroxyl groups is 1. The van der Waals surface area contributed by atoms with Gasteiger partial charge in [-0.25, -0.2) is 14.4 Å². The van der Waals surface area contributed by atoms with Gasteiger partial charge < -0.3 is 47.7 Å². The molecular formula is C44H68O14. The van der Waals surface area contributed by atoms with Crippen LogP contribution >= 0.6 is 0 Å². The van der Waals surface area contributed by atoms with Crippen LogP contribution in [0.5, 0.6) is 0 Å². The number of hydrogen-bond donors (Lipinski definition) is 1. The fourth-order valence-corrected chi connectivity index (χ4v) is 7.11. The van der Waals surface area contributed by atoms with Crippen molar-refractivity contribution in [2.45, 2.75) is 187 Å². The van der Waals surface area contributed by atoms with Gasteiger partial charge in [0.25, 0.3) is 0 Å². The molecule has 3 rings (SSSR count). The minimum absolute atomic E-state index is 0.00114. The van der Waals surface area contributed by atoms with Crippen molar-refractivity contribution >= 4 is 23.9 Å². The van der Waals surface area contributed by atoms with Crippen LogP contribution in [0.2, 0.25) is 0 Å². The fourth-order valence-electron chi connectivity index (χ4n) is 7.11. The van der Waals surface area contributed by atoms with Crippen LogP contribution in [-0.4, -0.2) is 107 Å². The molecule has 2 bridgehead atoms. The molecule has 0 spiro atoms. The number of benzene rings is 1. The second-order valence-corrected chi connectivity index (χ2v) is 18.7. The standard InChI is InChI=1S/C44H68O14/c1-17-25-51-33-32(53-41(14,15)50-16)42(24-23-27(2)31(52-29(4)45)28(3)26-30-21-19-18-20-22-30)54-34(35(46)55-38(5,6)7)43(49,36(47)56-39(8,9)10)44(33,58-42)37(48)57-40(11,12)13/h18-22,28,31-34,49H,2,17,23-26H2,1,3-16H3/t28?,31?,32-,33-,34-,42-,43-,44-/m1/s1. The molecule has 0 aliphatic carbocycles. The largest absolute Gasteiger partial charge is 0.458 e. The molecule has 328 valence electrons. The van der Waals surface area contributed by atoms with E-state index in [1.54, 1.807) is 76.2 Å². The van der Waals surface area contributed by atoms with Crippen molar-refractivity contribution in [3.63, 3.8) is 0 Å². The second-order valence-electron chi connectivity index (χ2n) is 18.7. The molecule has 0 aromatic heterocycles. The number of ether oxygens (including phenoxy) is 9. The van der Waals surface area contributed by atoms with Crippen molar-refractivity contribution in [3.8, 4) is 0 Å². The Morgan fingerprint density at radius 3 is 1.91 bits per heavy atom. The zero-order valence-corrected chi connectivity index (χ0v) is 37.3. The van der Waals surface area contributed by atoms with Gasteiger partial charge in [0.2, 0.25) is 23.1 Å². The van der Waals surface area contributed by atoms with Crippen LogP contribution in [0.4, 0.5) is 0 Å². The van der Waals surface area contributed by atoms with Gasteiger partial charge in [0.1, 0.15) is 35.1 Å². The van der Waals surface area contributed by atoms with Gasteiger partial charge in [-0.15, -0.1) is 0 Å². The van der Waals surface area contributed by atoms with Gasteiger partial charge in [0, 0.05) is 33.0 Å². The zero-order valence-electron chi connectivity index (χ0n) is 37.3. The summed E-state index contributed by atoms with van der Waals surface area (Å²) >= 11 is 0. The summed E-state index contributed by atoms with van der Waals surface area (Å²) in [6, 6.07) is 9.70. The molecule has 14 heteroatoms. The summed E-state index contributed by atoms with van der Waals surface area (Å²) in [6.45, 7) is 26.8. The van der Waals surface area contributed by atoms with Crippen molar-refractivity contribution in [3.05, 3.63) is 48.0 Å². The first-order valence-electron chi connectivity index (χ1n) is 20.0. The predicted octanol–water partition coefficient (Wildman–Crippen LogP) is 6.32. The maximum absolute atomic E-state index is 15.1. The lowest BCUT2D eigenvalue weighted by atomic mass is 9.74. The summed E-state index contributed by atoms with van der Waals surface area (Å²) < 4.78 is 55.6. The minimum atomic E-state index is -3.30. The van der Waals surface area contributed by atoms with Crippen LogP contribution in [0.25, 0.3) is 0 Å². The van der Waals surface area contributed by atoms with Crippen molar-refractivity contribution in [2.75, 3.05) is 13.7 Å². The number of hydrogen-bond acceptors (Lipinski definition) is 14. The Labute approximate surface area is 344 Å². The number of esters is 4. The van der Waals surface area contributed by atoms with Crippen LogP contribution in [0.15, 0.2) is 42.5 Å². The first-order chi connectivity index (χ1) is 26.5. The van der Waals surface area contributed by atoms with Crippen LogP contribution in [0.3, 0.4) is 0 Å². The van der Waals surface area contributed by atoms with Crippen molar-refractivity contribution in [1.29, 1.82) is 0 Å². The molecule has 2 heterocycles. The van der Waals surface area contributed by atoms with Crippen LogP contribution in [-0.2, 0) is 68.2 Å². The van der Waals surface area contributed by atoms with E-state index in [0.29, 0.717) is 18.4 Å². The molecule has 58 heavy (non-hydrogen) atoms. The zero-order chi connectivity index (χ0) is 44.3. The Morgan fingerprint density at radius 1 is 0.862 bits per heavy atom. The molecule has 1 aromatic rings. The van der Waals surface area contributed by atoms with Gasteiger partial charge >= 0.3 is 23.9 Å². The second kappa shape index (κ2) is 18.1. The molecule has 2 saturated heterocycles. The topological polar surface area (TPSA) is 172 Å².